The summed E-state index contributed by atoms with van der Waals surface area (Å²) in [6.45, 7) is 2.07. The first-order chi connectivity index (χ1) is 9.18. The number of nitrogens with one attached hydrogen (secondary N) is 1. The number of hydrogen-bond acceptors (Lipinski definition) is 4. The van der Waals surface area contributed by atoms with Crippen molar-refractivity contribution in [3.63, 3.8) is 0 Å². The van der Waals surface area contributed by atoms with Gasteiger partial charge < -0.3 is 16.0 Å². The zero-order valence-corrected chi connectivity index (χ0v) is 11.7. The van der Waals surface area contributed by atoms with Crippen LogP contribution >= 0.6 is 0 Å². The third-order valence-electron chi connectivity index (χ3n) is 3.17. The highest BCUT2D eigenvalue weighted by atomic mass is 15.0. The summed E-state index contributed by atoms with van der Waals surface area (Å²) in [4.78, 5) is 6.50. The van der Waals surface area contributed by atoms with Gasteiger partial charge in [-0.3, -0.25) is 4.98 Å². The highest BCUT2D eigenvalue weighted by Gasteiger charge is 2.04. The summed E-state index contributed by atoms with van der Waals surface area (Å²) in [5.74, 6) is 0. The smallest absolute Gasteiger partial charge is 0.0724 e. The van der Waals surface area contributed by atoms with Crippen LogP contribution in [0.3, 0.4) is 0 Å². The van der Waals surface area contributed by atoms with Crippen LogP contribution in [0, 0.1) is 0 Å². The molecule has 1 aromatic carbocycles. The average molecular weight is 258 g/mol. The van der Waals surface area contributed by atoms with E-state index in [9.17, 15) is 0 Å². The number of nitrogens with zero attached hydrogens (tertiary/aromatic N) is 2. The van der Waals surface area contributed by atoms with Crippen LogP contribution in [0.1, 0.15) is 12.8 Å². The number of pyridine rings is 1. The Hall–Kier alpha value is -1.81. The lowest BCUT2D eigenvalue weighted by Crippen LogP contribution is -2.14. The monoisotopic (exact) mass is 258 g/mol. The summed E-state index contributed by atoms with van der Waals surface area (Å²) in [6, 6.07) is 7.94. The Morgan fingerprint density at radius 3 is 2.84 bits per heavy atom. The van der Waals surface area contributed by atoms with Crippen LogP contribution in [0.25, 0.3) is 10.9 Å². The molecule has 0 bridgehead atoms. The Bertz CT molecular complexity index is 537. The first kappa shape index (κ1) is 13.6. The van der Waals surface area contributed by atoms with Gasteiger partial charge in [0, 0.05) is 18.1 Å². The molecule has 1 aromatic heterocycles. The molecule has 4 nitrogen and oxygen atoms in total. The number of nitrogens with two attached hydrogens (primary N) is 1. The maximum Gasteiger partial charge on any atom is 0.0724 e. The van der Waals surface area contributed by atoms with Gasteiger partial charge in [0.05, 0.1) is 16.9 Å². The molecule has 4 heteroatoms. The number of fused-ring (bicyclic) bond motifs is 1. The Morgan fingerprint density at radius 2 is 2.05 bits per heavy atom. The van der Waals surface area contributed by atoms with Crippen molar-refractivity contribution < 1.29 is 0 Å². The van der Waals surface area contributed by atoms with E-state index in [1.165, 1.54) is 6.42 Å². The first-order valence-electron chi connectivity index (χ1n) is 6.70. The third kappa shape index (κ3) is 3.58. The Kier molecular flexibility index (Phi) is 4.58. The number of unbranched alkanes of at least 4 members (excludes halogenated alkanes) is 1. The van der Waals surface area contributed by atoms with Crippen molar-refractivity contribution in [3.8, 4) is 0 Å². The fourth-order valence-corrected chi connectivity index (χ4v) is 2.11. The minimum Gasteiger partial charge on any atom is -0.397 e. The van der Waals surface area contributed by atoms with Crippen molar-refractivity contribution in [2.45, 2.75) is 12.8 Å². The quantitative estimate of drug-likeness (QED) is 0.617. The molecule has 3 N–H and O–H groups in total. The second-order valence-electron chi connectivity index (χ2n) is 5.03. The molecular weight excluding hydrogens is 236 g/mol. The fraction of sp³-hybridized carbons (Fsp3) is 0.400. The highest BCUT2D eigenvalue weighted by molar-refractivity contribution is 5.96. The molecule has 2 aromatic rings. The summed E-state index contributed by atoms with van der Waals surface area (Å²) < 4.78 is 0. The van der Waals surface area contributed by atoms with E-state index in [1.807, 2.05) is 24.3 Å². The molecule has 0 unspecified atom stereocenters. The van der Waals surface area contributed by atoms with Gasteiger partial charge in [0.15, 0.2) is 0 Å². The molecule has 0 aliphatic carbocycles. The molecule has 0 saturated heterocycles. The van der Waals surface area contributed by atoms with Crippen LogP contribution < -0.4 is 11.1 Å². The van der Waals surface area contributed by atoms with E-state index >= 15 is 0 Å². The SMILES string of the molecule is CN(C)CCCCNc1ccc2ncccc2c1N. The van der Waals surface area contributed by atoms with Crippen LogP contribution in [-0.2, 0) is 0 Å². The maximum absolute atomic E-state index is 6.17. The van der Waals surface area contributed by atoms with Crippen LogP contribution in [0.5, 0.6) is 0 Å². The van der Waals surface area contributed by atoms with Gasteiger partial charge in [-0.2, -0.15) is 0 Å². The number of aromatic nitrogens is 1. The Morgan fingerprint density at radius 1 is 1.21 bits per heavy atom. The molecule has 19 heavy (non-hydrogen) atoms. The normalized spacial score (nSPS) is 11.1. The number of benzene rings is 1. The van der Waals surface area contributed by atoms with Gasteiger partial charge in [-0.25, -0.2) is 0 Å². The molecular formula is C15H22N4. The molecule has 0 amide bonds. The lowest BCUT2D eigenvalue weighted by atomic mass is 10.1. The number of rotatable bonds is 6. The number of nitrogen functional groups attached to an aromatic ring is 1. The minimum atomic E-state index is 0.790. The Labute approximate surface area is 114 Å². The van der Waals surface area contributed by atoms with E-state index in [2.05, 4.69) is 29.3 Å². The standard InChI is InChI=1S/C15H22N4/c1-19(2)11-4-3-9-18-14-8-7-13-12(15(14)16)6-5-10-17-13/h5-8,10,18H,3-4,9,11,16H2,1-2H3. The van der Waals surface area contributed by atoms with Crippen molar-refractivity contribution in [2.75, 3.05) is 38.2 Å². The van der Waals surface area contributed by atoms with E-state index in [4.69, 9.17) is 5.73 Å². The van der Waals surface area contributed by atoms with E-state index in [-0.39, 0.29) is 0 Å². The molecule has 2 rings (SSSR count). The molecule has 102 valence electrons. The van der Waals surface area contributed by atoms with Gasteiger partial charge in [0.1, 0.15) is 0 Å². The van der Waals surface area contributed by atoms with E-state index in [1.54, 1.807) is 6.20 Å². The van der Waals surface area contributed by atoms with Gasteiger partial charge in [-0.15, -0.1) is 0 Å². The molecule has 0 radical (unpaired) electrons. The predicted octanol–water partition coefficient (Wildman–Crippen LogP) is 2.57. The van der Waals surface area contributed by atoms with E-state index in [0.29, 0.717) is 0 Å². The molecule has 0 saturated carbocycles. The zero-order chi connectivity index (χ0) is 13.7. The number of hydrogen-bond donors (Lipinski definition) is 2. The highest BCUT2D eigenvalue weighted by Crippen LogP contribution is 2.27. The largest absolute Gasteiger partial charge is 0.397 e. The summed E-state index contributed by atoms with van der Waals surface area (Å²) >= 11 is 0. The van der Waals surface area contributed by atoms with Crippen molar-refractivity contribution in [1.82, 2.24) is 9.88 Å². The van der Waals surface area contributed by atoms with Crippen molar-refractivity contribution >= 4 is 22.3 Å². The average Bonchev–Trinajstić information content (AvgIpc) is 2.41. The summed E-state index contributed by atoms with van der Waals surface area (Å²) in [7, 11) is 4.20. The van der Waals surface area contributed by atoms with Crippen LogP contribution in [0.2, 0.25) is 0 Å². The fourth-order valence-electron chi connectivity index (χ4n) is 2.11. The first-order valence-corrected chi connectivity index (χ1v) is 6.70. The second-order valence-corrected chi connectivity index (χ2v) is 5.03. The Balaban J connectivity index is 1.96. The lowest BCUT2D eigenvalue weighted by molar-refractivity contribution is 0.396. The second kappa shape index (κ2) is 6.38. The van der Waals surface area contributed by atoms with Gasteiger partial charge in [0.25, 0.3) is 0 Å². The van der Waals surface area contributed by atoms with Crippen LogP contribution in [0.4, 0.5) is 11.4 Å². The van der Waals surface area contributed by atoms with E-state index in [0.717, 1.165) is 41.8 Å². The van der Waals surface area contributed by atoms with Gasteiger partial charge in [-0.1, -0.05) is 0 Å². The topological polar surface area (TPSA) is 54.2 Å². The molecule has 1 heterocycles. The van der Waals surface area contributed by atoms with E-state index < -0.39 is 0 Å². The number of anilines is 2. The van der Waals surface area contributed by atoms with Gasteiger partial charge in [0.2, 0.25) is 0 Å². The lowest BCUT2D eigenvalue weighted by Gasteiger charge is -2.12. The summed E-state index contributed by atoms with van der Waals surface area (Å²) in [6.07, 6.45) is 4.12. The van der Waals surface area contributed by atoms with Crippen LogP contribution in [-0.4, -0.2) is 37.1 Å². The third-order valence-corrected chi connectivity index (χ3v) is 3.17. The maximum atomic E-state index is 6.17. The van der Waals surface area contributed by atoms with Crippen molar-refractivity contribution in [1.29, 1.82) is 0 Å². The molecule has 0 spiro atoms. The van der Waals surface area contributed by atoms with Gasteiger partial charge >= 0.3 is 0 Å². The summed E-state index contributed by atoms with van der Waals surface area (Å²) in [5.41, 5.74) is 8.91. The van der Waals surface area contributed by atoms with Crippen molar-refractivity contribution in [3.05, 3.63) is 30.5 Å². The molecule has 0 aliphatic rings. The molecule has 0 atom stereocenters. The van der Waals surface area contributed by atoms with Crippen molar-refractivity contribution in [2.24, 2.45) is 0 Å². The summed E-state index contributed by atoms with van der Waals surface area (Å²) in [5, 5.41) is 4.42. The zero-order valence-electron chi connectivity index (χ0n) is 11.7. The van der Waals surface area contributed by atoms with Gasteiger partial charge in [-0.05, 0) is 57.7 Å². The molecule has 0 fully saturated rings. The predicted molar refractivity (Wildman–Crippen MR) is 82.4 cm³/mol. The molecule has 0 aliphatic heterocycles. The minimum absolute atomic E-state index is 0.790. The van der Waals surface area contributed by atoms with Crippen LogP contribution in [0.15, 0.2) is 30.5 Å².